The van der Waals surface area contributed by atoms with E-state index >= 15 is 0 Å². The third-order valence-electron chi connectivity index (χ3n) is 5.29. The molecule has 1 aliphatic heterocycles. The number of carbonyl (C=O) groups excluding carboxylic acids is 2. The highest BCUT2D eigenvalue weighted by Crippen LogP contribution is 2.49. The Kier molecular flexibility index (Phi) is 5.41. The molecule has 1 heterocycles. The van der Waals surface area contributed by atoms with Crippen LogP contribution in [0.25, 0.3) is 5.70 Å². The van der Waals surface area contributed by atoms with Gasteiger partial charge in [-0.2, -0.15) is 0 Å². The lowest BCUT2D eigenvalue weighted by Gasteiger charge is -2.30. The Hall–Kier alpha value is -3.39. The van der Waals surface area contributed by atoms with E-state index in [-0.39, 0.29) is 17.1 Å². The topological polar surface area (TPSA) is 102 Å². The molecule has 2 aromatic rings. The average molecular weight is 484 g/mol. The van der Waals surface area contributed by atoms with Gasteiger partial charge in [0.05, 0.1) is 24.3 Å². The first kappa shape index (κ1) is 20.9. The smallest absolute Gasteiger partial charge is 0.341 e. The second-order valence-electron chi connectivity index (χ2n) is 7.12. The van der Waals surface area contributed by atoms with Crippen molar-refractivity contribution in [2.24, 2.45) is 0 Å². The molecule has 0 fully saturated rings. The Labute approximate surface area is 186 Å². The summed E-state index contributed by atoms with van der Waals surface area (Å²) in [6.45, 7) is 1.18. The Morgan fingerprint density at radius 3 is 2.55 bits per heavy atom. The van der Waals surface area contributed by atoms with Crippen molar-refractivity contribution in [2.45, 2.75) is 12.8 Å². The molecule has 1 atom stereocenters. The standard InChI is InChI=1S/C23H18BrNO6/c1-11-18(23(29)30-2)19(15-9-12(24)7-8-16(15)31-10-17(26)27)20-21(25-11)13-5-3-4-6-14(13)22(20)28/h3-9,19,25H,10H2,1-2H3,(H,26,27)/t19-/m1/s1. The van der Waals surface area contributed by atoms with Crippen LogP contribution in [0.2, 0.25) is 0 Å². The molecule has 0 amide bonds. The highest BCUT2D eigenvalue weighted by molar-refractivity contribution is 9.10. The summed E-state index contributed by atoms with van der Waals surface area (Å²) in [5, 5.41) is 12.3. The van der Waals surface area contributed by atoms with Crippen molar-refractivity contribution in [3.63, 3.8) is 0 Å². The van der Waals surface area contributed by atoms with Crippen molar-refractivity contribution in [1.29, 1.82) is 0 Å². The Bertz CT molecular complexity index is 1200. The van der Waals surface area contributed by atoms with Gasteiger partial charge < -0.3 is 19.9 Å². The van der Waals surface area contributed by atoms with Crippen LogP contribution in [-0.4, -0.2) is 36.5 Å². The number of methoxy groups -OCH3 is 1. The maximum absolute atomic E-state index is 13.4. The summed E-state index contributed by atoms with van der Waals surface area (Å²) in [4.78, 5) is 37.3. The fourth-order valence-corrected chi connectivity index (χ4v) is 4.42. The van der Waals surface area contributed by atoms with Gasteiger partial charge in [-0.25, -0.2) is 9.59 Å². The average Bonchev–Trinajstić information content (AvgIpc) is 3.03. The monoisotopic (exact) mass is 483 g/mol. The van der Waals surface area contributed by atoms with E-state index in [1.807, 2.05) is 12.1 Å². The lowest BCUT2D eigenvalue weighted by Crippen LogP contribution is -2.29. The van der Waals surface area contributed by atoms with Crippen molar-refractivity contribution in [3.05, 3.63) is 80.5 Å². The highest BCUT2D eigenvalue weighted by atomic mass is 79.9. The molecule has 2 N–H and O–H groups in total. The number of esters is 1. The number of halogens is 1. The van der Waals surface area contributed by atoms with E-state index in [2.05, 4.69) is 21.2 Å². The summed E-state index contributed by atoms with van der Waals surface area (Å²) in [5.74, 6) is -2.47. The van der Waals surface area contributed by atoms with Gasteiger partial charge in [0, 0.05) is 32.4 Å². The largest absolute Gasteiger partial charge is 0.482 e. The van der Waals surface area contributed by atoms with Crippen molar-refractivity contribution in [1.82, 2.24) is 5.32 Å². The van der Waals surface area contributed by atoms with Gasteiger partial charge in [0.25, 0.3) is 0 Å². The summed E-state index contributed by atoms with van der Waals surface area (Å²) in [7, 11) is 1.28. The van der Waals surface area contributed by atoms with Gasteiger partial charge in [0.15, 0.2) is 12.4 Å². The number of Topliss-reactive ketones (excluding diaryl/α,β-unsaturated/α-hetero) is 1. The van der Waals surface area contributed by atoms with Gasteiger partial charge in [-0.1, -0.05) is 40.2 Å². The fourth-order valence-electron chi connectivity index (χ4n) is 4.04. The zero-order valence-corrected chi connectivity index (χ0v) is 18.3. The maximum atomic E-state index is 13.4. The zero-order valence-electron chi connectivity index (χ0n) is 16.7. The third kappa shape index (κ3) is 3.53. The minimum atomic E-state index is -1.14. The molecule has 2 aromatic carbocycles. The molecule has 0 saturated heterocycles. The molecular formula is C23H18BrNO6. The molecule has 0 bridgehead atoms. The lowest BCUT2D eigenvalue weighted by molar-refractivity contribution is -0.139. The van der Waals surface area contributed by atoms with Gasteiger partial charge in [0.2, 0.25) is 0 Å². The highest BCUT2D eigenvalue weighted by Gasteiger charge is 2.43. The van der Waals surface area contributed by atoms with Gasteiger partial charge in [-0.05, 0) is 25.1 Å². The summed E-state index contributed by atoms with van der Waals surface area (Å²) in [6, 6.07) is 12.3. The Balaban J connectivity index is 1.96. The first-order valence-corrected chi connectivity index (χ1v) is 10.2. The summed E-state index contributed by atoms with van der Waals surface area (Å²) in [6.07, 6.45) is 0. The van der Waals surface area contributed by atoms with Crippen molar-refractivity contribution in [3.8, 4) is 5.75 Å². The maximum Gasteiger partial charge on any atom is 0.341 e. The number of nitrogens with one attached hydrogen (secondary N) is 1. The van der Waals surface area contributed by atoms with Crippen molar-refractivity contribution in [2.75, 3.05) is 13.7 Å². The molecular weight excluding hydrogens is 466 g/mol. The number of fused-ring (bicyclic) bond motifs is 2. The fraction of sp³-hybridized carbons (Fsp3) is 0.174. The number of dihydropyridines is 1. The second kappa shape index (κ2) is 8.03. The molecule has 7 nitrogen and oxygen atoms in total. The molecule has 0 radical (unpaired) electrons. The van der Waals surface area contributed by atoms with E-state index in [4.69, 9.17) is 14.6 Å². The number of carboxylic acid groups (broad SMARTS) is 1. The van der Waals surface area contributed by atoms with Gasteiger partial charge in [0.1, 0.15) is 5.75 Å². The Morgan fingerprint density at radius 2 is 1.87 bits per heavy atom. The van der Waals surface area contributed by atoms with Crippen LogP contribution in [0, 0.1) is 0 Å². The number of hydrogen-bond acceptors (Lipinski definition) is 6. The number of ether oxygens (including phenoxy) is 2. The number of carboxylic acids is 1. The number of benzene rings is 2. The molecule has 31 heavy (non-hydrogen) atoms. The molecule has 0 aromatic heterocycles. The van der Waals surface area contributed by atoms with Crippen LogP contribution < -0.4 is 10.1 Å². The molecule has 0 unspecified atom stereocenters. The van der Waals surface area contributed by atoms with Crippen molar-refractivity contribution >= 4 is 39.3 Å². The van der Waals surface area contributed by atoms with Gasteiger partial charge in [-0.15, -0.1) is 0 Å². The second-order valence-corrected chi connectivity index (χ2v) is 8.03. The number of hydrogen-bond donors (Lipinski definition) is 2. The van der Waals surface area contributed by atoms with Crippen LogP contribution in [0.15, 0.2) is 63.8 Å². The number of aliphatic carboxylic acids is 1. The van der Waals surface area contributed by atoms with Gasteiger partial charge >= 0.3 is 11.9 Å². The third-order valence-corrected chi connectivity index (χ3v) is 5.78. The lowest BCUT2D eigenvalue weighted by atomic mass is 9.79. The van der Waals surface area contributed by atoms with E-state index in [0.29, 0.717) is 32.6 Å². The number of rotatable bonds is 5. The van der Waals surface area contributed by atoms with Crippen LogP contribution in [-0.2, 0) is 14.3 Å². The van der Waals surface area contributed by atoms with Gasteiger partial charge in [-0.3, -0.25) is 4.79 Å². The van der Waals surface area contributed by atoms with Crippen molar-refractivity contribution < 1.29 is 29.0 Å². The van der Waals surface area contributed by atoms with Crippen LogP contribution in [0.5, 0.6) is 5.75 Å². The number of allylic oxidation sites excluding steroid dienone is 2. The molecule has 0 saturated carbocycles. The molecule has 2 aliphatic rings. The van der Waals surface area contributed by atoms with Crippen LogP contribution in [0.1, 0.15) is 34.3 Å². The van der Waals surface area contributed by atoms with E-state index in [1.54, 1.807) is 37.3 Å². The van der Waals surface area contributed by atoms with E-state index in [0.717, 1.165) is 5.56 Å². The quantitative estimate of drug-likeness (QED) is 0.625. The number of ketones is 1. The molecule has 8 heteroatoms. The minimum Gasteiger partial charge on any atom is -0.482 e. The number of carbonyl (C=O) groups is 3. The molecule has 1 aliphatic carbocycles. The molecule has 158 valence electrons. The normalized spacial score (nSPS) is 17.1. The summed E-state index contributed by atoms with van der Waals surface area (Å²) in [5.41, 5.74) is 3.60. The zero-order chi connectivity index (χ0) is 22.3. The Morgan fingerprint density at radius 1 is 1.16 bits per heavy atom. The summed E-state index contributed by atoms with van der Waals surface area (Å²) < 4.78 is 11.2. The SMILES string of the molecule is COC(=O)C1=C(C)NC2=C(C(=O)c3ccccc32)[C@@H]1c1cc(Br)ccc1OCC(=O)O. The predicted octanol–water partition coefficient (Wildman–Crippen LogP) is 3.65. The van der Waals surface area contributed by atoms with E-state index in [1.165, 1.54) is 7.11 Å². The van der Waals surface area contributed by atoms with E-state index < -0.39 is 24.5 Å². The van der Waals surface area contributed by atoms with Crippen LogP contribution in [0.4, 0.5) is 0 Å². The van der Waals surface area contributed by atoms with E-state index in [9.17, 15) is 14.4 Å². The van der Waals surface area contributed by atoms with Crippen LogP contribution in [0.3, 0.4) is 0 Å². The minimum absolute atomic E-state index is 0.207. The summed E-state index contributed by atoms with van der Waals surface area (Å²) >= 11 is 3.43. The first-order chi connectivity index (χ1) is 14.8. The molecule has 0 spiro atoms. The predicted molar refractivity (Wildman–Crippen MR) is 116 cm³/mol. The van der Waals surface area contributed by atoms with Crippen LogP contribution >= 0.6 is 15.9 Å². The molecule has 4 rings (SSSR count). The first-order valence-electron chi connectivity index (χ1n) is 9.42.